The Morgan fingerprint density at radius 1 is 1.42 bits per heavy atom. The Morgan fingerprint density at radius 3 is 3.26 bits per heavy atom. The number of rotatable bonds is 4. The van der Waals surface area contributed by atoms with Crippen molar-refractivity contribution in [2.45, 2.75) is 32.7 Å². The first-order valence-electron chi connectivity index (χ1n) is 6.56. The molecule has 0 fully saturated rings. The van der Waals surface area contributed by atoms with Crippen molar-refractivity contribution in [1.29, 1.82) is 0 Å². The van der Waals surface area contributed by atoms with Crippen LogP contribution in [0.3, 0.4) is 0 Å². The Balaban J connectivity index is 1.50. The van der Waals surface area contributed by atoms with Crippen LogP contribution in [0.4, 0.5) is 0 Å². The van der Waals surface area contributed by atoms with Gasteiger partial charge < -0.3 is 14.6 Å². The maximum absolute atomic E-state index is 5.76. The second kappa shape index (κ2) is 5.50. The minimum absolute atomic E-state index is 0.200. The zero-order chi connectivity index (χ0) is 13.1. The van der Waals surface area contributed by atoms with Gasteiger partial charge in [0, 0.05) is 31.7 Å². The summed E-state index contributed by atoms with van der Waals surface area (Å²) in [6, 6.07) is 4.04. The first-order chi connectivity index (χ1) is 9.33. The van der Waals surface area contributed by atoms with Gasteiger partial charge in [-0.2, -0.15) is 0 Å². The molecule has 0 spiro atoms. The number of ether oxygens (including phenoxy) is 1. The number of hydrogen-bond acceptors (Lipinski definition) is 4. The van der Waals surface area contributed by atoms with Gasteiger partial charge in [-0.3, -0.25) is 4.98 Å². The van der Waals surface area contributed by atoms with Crippen LogP contribution in [0.25, 0.3) is 0 Å². The fraction of sp³-hybridized carbons (Fsp3) is 0.429. The van der Waals surface area contributed by atoms with Crippen LogP contribution in [0, 0.1) is 6.92 Å². The summed E-state index contributed by atoms with van der Waals surface area (Å²) >= 11 is 0. The van der Waals surface area contributed by atoms with Gasteiger partial charge in [0.05, 0.1) is 18.3 Å². The molecule has 3 heterocycles. The van der Waals surface area contributed by atoms with Gasteiger partial charge in [0.25, 0.3) is 0 Å². The Morgan fingerprint density at radius 2 is 2.37 bits per heavy atom. The summed E-state index contributed by atoms with van der Waals surface area (Å²) in [6.07, 6.45) is 5.86. The molecular formula is C14H18N4O. The molecule has 0 saturated heterocycles. The van der Waals surface area contributed by atoms with Crippen LogP contribution >= 0.6 is 0 Å². The number of imidazole rings is 1. The van der Waals surface area contributed by atoms with Gasteiger partial charge in [-0.1, -0.05) is 6.07 Å². The van der Waals surface area contributed by atoms with Crippen molar-refractivity contribution in [1.82, 2.24) is 19.9 Å². The lowest BCUT2D eigenvalue weighted by molar-refractivity contribution is 0.00273. The highest BCUT2D eigenvalue weighted by molar-refractivity contribution is 5.17. The van der Waals surface area contributed by atoms with Crippen LogP contribution in [0.1, 0.15) is 17.1 Å². The summed E-state index contributed by atoms with van der Waals surface area (Å²) in [4.78, 5) is 8.61. The predicted molar refractivity (Wildman–Crippen MR) is 71.5 cm³/mol. The van der Waals surface area contributed by atoms with Gasteiger partial charge in [0.1, 0.15) is 12.4 Å². The van der Waals surface area contributed by atoms with E-state index in [4.69, 9.17) is 4.74 Å². The van der Waals surface area contributed by atoms with E-state index in [0.29, 0.717) is 6.61 Å². The maximum atomic E-state index is 5.76. The van der Waals surface area contributed by atoms with Crippen molar-refractivity contribution in [3.05, 3.63) is 47.8 Å². The number of nitrogens with zero attached hydrogens (tertiary/aromatic N) is 3. The normalized spacial score (nSPS) is 18.3. The molecule has 0 saturated carbocycles. The molecule has 1 aliphatic rings. The van der Waals surface area contributed by atoms with E-state index in [1.54, 1.807) is 0 Å². The second-order valence-corrected chi connectivity index (χ2v) is 4.83. The third-order valence-corrected chi connectivity index (χ3v) is 3.43. The lowest BCUT2D eigenvalue weighted by Gasteiger charge is -2.24. The van der Waals surface area contributed by atoms with Crippen LogP contribution in [-0.4, -0.2) is 27.2 Å². The summed E-state index contributed by atoms with van der Waals surface area (Å²) in [7, 11) is 0. The van der Waals surface area contributed by atoms with Crippen LogP contribution in [-0.2, 0) is 24.4 Å². The average Bonchev–Trinajstić information content (AvgIpc) is 2.88. The standard InChI is InChI=1S/C14H18N4O/c1-11-3-2-4-16-13(11)8-15-7-12-9-18-6-5-17-14(18)10-19-12/h2-6,12,15H,7-10H2,1H3/t12-/m0/s1. The zero-order valence-corrected chi connectivity index (χ0v) is 11.0. The molecule has 0 radical (unpaired) electrons. The fourth-order valence-corrected chi connectivity index (χ4v) is 2.29. The Labute approximate surface area is 112 Å². The summed E-state index contributed by atoms with van der Waals surface area (Å²) in [5.41, 5.74) is 2.32. The Bertz CT molecular complexity index is 552. The van der Waals surface area contributed by atoms with Gasteiger partial charge in [0.2, 0.25) is 0 Å². The van der Waals surface area contributed by atoms with Crippen molar-refractivity contribution in [2.24, 2.45) is 0 Å². The van der Waals surface area contributed by atoms with Crippen molar-refractivity contribution in [3.63, 3.8) is 0 Å². The van der Waals surface area contributed by atoms with E-state index >= 15 is 0 Å². The molecular weight excluding hydrogens is 240 g/mol. The van der Waals surface area contributed by atoms with Crippen molar-refractivity contribution >= 4 is 0 Å². The molecule has 1 aliphatic heterocycles. The second-order valence-electron chi connectivity index (χ2n) is 4.83. The number of nitrogens with one attached hydrogen (secondary N) is 1. The van der Waals surface area contributed by atoms with Gasteiger partial charge >= 0.3 is 0 Å². The average molecular weight is 258 g/mol. The molecule has 2 aromatic heterocycles. The lowest BCUT2D eigenvalue weighted by Crippen LogP contribution is -2.36. The van der Waals surface area contributed by atoms with Crippen molar-refractivity contribution in [3.8, 4) is 0 Å². The van der Waals surface area contributed by atoms with Crippen LogP contribution < -0.4 is 5.32 Å². The highest BCUT2D eigenvalue weighted by atomic mass is 16.5. The van der Waals surface area contributed by atoms with E-state index in [9.17, 15) is 0 Å². The van der Waals surface area contributed by atoms with Gasteiger partial charge in [0.15, 0.2) is 0 Å². The molecule has 1 N–H and O–H groups in total. The number of aryl methyl sites for hydroxylation is 1. The smallest absolute Gasteiger partial charge is 0.134 e. The van der Waals surface area contributed by atoms with Crippen LogP contribution in [0.5, 0.6) is 0 Å². The van der Waals surface area contributed by atoms with E-state index in [-0.39, 0.29) is 6.10 Å². The number of hydrogen-bond donors (Lipinski definition) is 1. The van der Waals surface area contributed by atoms with Crippen molar-refractivity contribution in [2.75, 3.05) is 6.54 Å². The van der Waals surface area contributed by atoms with E-state index < -0.39 is 0 Å². The molecule has 0 bridgehead atoms. The van der Waals surface area contributed by atoms with Crippen LogP contribution in [0.2, 0.25) is 0 Å². The summed E-state index contributed by atoms with van der Waals surface area (Å²) in [5, 5.41) is 3.41. The first-order valence-corrected chi connectivity index (χ1v) is 6.56. The molecule has 3 rings (SSSR count). The molecule has 2 aromatic rings. The highest BCUT2D eigenvalue weighted by Crippen LogP contribution is 2.11. The topological polar surface area (TPSA) is 52.0 Å². The SMILES string of the molecule is Cc1cccnc1CNC[C@H]1Cn2ccnc2CO1. The molecule has 5 nitrogen and oxygen atoms in total. The van der Waals surface area contributed by atoms with Gasteiger partial charge in [-0.15, -0.1) is 0 Å². The number of fused-ring (bicyclic) bond motifs is 1. The molecule has 0 amide bonds. The minimum Gasteiger partial charge on any atom is -0.367 e. The third kappa shape index (κ3) is 2.83. The summed E-state index contributed by atoms with van der Waals surface area (Å²) in [6.45, 7) is 5.15. The Hall–Kier alpha value is -1.72. The van der Waals surface area contributed by atoms with E-state index in [1.165, 1.54) is 5.56 Å². The molecule has 5 heteroatoms. The molecule has 0 aromatic carbocycles. The molecule has 1 atom stereocenters. The lowest BCUT2D eigenvalue weighted by atomic mass is 10.2. The Kier molecular flexibility index (Phi) is 3.57. The third-order valence-electron chi connectivity index (χ3n) is 3.43. The van der Waals surface area contributed by atoms with E-state index in [1.807, 2.05) is 24.7 Å². The quantitative estimate of drug-likeness (QED) is 0.897. The fourth-order valence-electron chi connectivity index (χ4n) is 2.29. The van der Waals surface area contributed by atoms with E-state index in [2.05, 4.69) is 32.8 Å². The van der Waals surface area contributed by atoms with Crippen molar-refractivity contribution < 1.29 is 4.74 Å². The first kappa shape index (κ1) is 12.3. The predicted octanol–water partition coefficient (Wildman–Crippen LogP) is 1.28. The molecule has 0 aliphatic carbocycles. The largest absolute Gasteiger partial charge is 0.367 e. The van der Waals surface area contributed by atoms with Gasteiger partial charge in [-0.25, -0.2) is 4.98 Å². The highest BCUT2D eigenvalue weighted by Gasteiger charge is 2.18. The molecule has 0 unspecified atom stereocenters. The minimum atomic E-state index is 0.200. The van der Waals surface area contributed by atoms with E-state index in [0.717, 1.165) is 31.2 Å². The monoisotopic (exact) mass is 258 g/mol. The van der Waals surface area contributed by atoms with Gasteiger partial charge in [-0.05, 0) is 18.6 Å². The maximum Gasteiger partial charge on any atom is 0.134 e. The van der Waals surface area contributed by atoms with Crippen LogP contribution in [0.15, 0.2) is 30.7 Å². The zero-order valence-electron chi connectivity index (χ0n) is 11.0. The molecule has 19 heavy (non-hydrogen) atoms. The summed E-state index contributed by atoms with van der Waals surface area (Å²) in [5.74, 6) is 1.01. The molecule has 100 valence electrons. The summed E-state index contributed by atoms with van der Waals surface area (Å²) < 4.78 is 7.92. The number of aromatic nitrogens is 3. The number of pyridine rings is 1.